The first-order valence-electron chi connectivity index (χ1n) is 5.46. The third kappa shape index (κ3) is 4.07. The predicted octanol–water partition coefficient (Wildman–Crippen LogP) is 3.69. The van der Waals surface area contributed by atoms with Gasteiger partial charge in [-0.05, 0) is 17.7 Å². The van der Waals surface area contributed by atoms with E-state index in [1.165, 1.54) is 24.5 Å². The fourth-order valence-corrected chi connectivity index (χ4v) is 1.57. The summed E-state index contributed by atoms with van der Waals surface area (Å²) >= 11 is 5.64. The first-order chi connectivity index (χ1) is 9.45. The van der Waals surface area contributed by atoms with Gasteiger partial charge in [-0.15, -0.1) is 0 Å². The highest BCUT2D eigenvalue weighted by atomic mass is 35.5. The number of halogens is 4. The van der Waals surface area contributed by atoms with Crippen LogP contribution in [0.5, 0.6) is 0 Å². The molecule has 106 valence electrons. The smallest absolute Gasteiger partial charge is 0.270 e. The van der Waals surface area contributed by atoms with Gasteiger partial charge in [-0.2, -0.15) is 13.2 Å². The second-order valence-electron chi connectivity index (χ2n) is 3.81. The van der Waals surface area contributed by atoms with Crippen molar-refractivity contribution in [2.75, 3.05) is 5.48 Å². The maximum absolute atomic E-state index is 12.5. The maximum Gasteiger partial charge on any atom is 0.416 e. The molecule has 4 nitrogen and oxygen atoms in total. The van der Waals surface area contributed by atoms with Crippen molar-refractivity contribution in [2.45, 2.75) is 12.8 Å². The highest BCUT2D eigenvalue weighted by Gasteiger charge is 2.30. The molecule has 8 heteroatoms. The molecule has 1 heterocycles. The molecule has 0 aliphatic carbocycles. The van der Waals surface area contributed by atoms with E-state index in [1.807, 2.05) is 0 Å². The van der Waals surface area contributed by atoms with Gasteiger partial charge in [0, 0.05) is 6.07 Å². The monoisotopic (exact) mass is 303 g/mol. The third-order valence-electron chi connectivity index (χ3n) is 2.30. The number of nitrogens with zero attached hydrogens (tertiary/aromatic N) is 2. The van der Waals surface area contributed by atoms with Gasteiger partial charge in [-0.1, -0.05) is 23.7 Å². The van der Waals surface area contributed by atoms with Gasteiger partial charge in [0.05, 0.1) is 12.2 Å². The largest absolute Gasteiger partial charge is 0.416 e. The molecule has 1 aromatic heterocycles. The minimum atomic E-state index is -4.37. The van der Waals surface area contributed by atoms with Crippen LogP contribution < -0.4 is 5.48 Å². The Morgan fingerprint density at radius 3 is 2.70 bits per heavy atom. The molecule has 0 saturated heterocycles. The zero-order valence-electron chi connectivity index (χ0n) is 9.99. The molecular formula is C12H9ClF3N3O. The third-order valence-corrected chi connectivity index (χ3v) is 2.51. The van der Waals surface area contributed by atoms with Crippen LogP contribution in [0.15, 0.2) is 36.7 Å². The van der Waals surface area contributed by atoms with Crippen molar-refractivity contribution < 1.29 is 18.0 Å². The Balaban J connectivity index is 1.94. The molecule has 1 N–H and O–H groups in total. The second-order valence-corrected chi connectivity index (χ2v) is 4.20. The van der Waals surface area contributed by atoms with Crippen LogP contribution in [0.25, 0.3) is 0 Å². The highest BCUT2D eigenvalue weighted by Crippen LogP contribution is 2.29. The lowest BCUT2D eigenvalue weighted by Gasteiger charge is -2.09. The normalized spacial score (nSPS) is 11.4. The van der Waals surface area contributed by atoms with Gasteiger partial charge in [-0.3, -0.25) is 4.84 Å². The number of rotatable bonds is 4. The summed E-state index contributed by atoms with van der Waals surface area (Å²) in [5.74, 6) is 0.317. The molecule has 0 atom stereocenters. The molecule has 0 spiro atoms. The Morgan fingerprint density at radius 2 is 2.00 bits per heavy atom. The van der Waals surface area contributed by atoms with E-state index in [9.17, 15) is 13.2 Å². The Hall–Kier alpha value is -1.86. The van der Waals surface area contributed by atoms with E-state index in [1.54, 1.807) is 0 Å². The van der Waals surface area contributed by atoms with E-state index >= 15 is 0 Å². The summed E-state index contributed by atoms with van der Waals surface area (Å²) < 4.78 is 37.5. The Morgan fingerprint density at radius 1 is 1.20 bits per heavy atom. The fraction of sp³-hybridized carbons (Fsp3) is 0.167. The van der Waals surface area contributed by atoms with Gasteiger partial charge in [-0.25, -0.2) is 15.4 Å². The van der Waals surface area contributed by atoms with E-state index in [4.69, 9.17) is 16.4 Å². The molecule has 2 rings (SSSR count). The molecule has 0 bridgehead atoms. The number of hydrogen-bond acceptors (Lipinski definition) is 4. The fourth-order valence-electron chi connectivity index (χ4n) is 1.42. The van der Waals surface area contributed by atoms with E-state index in [2.05, 4.69) is 15.4 Å². The average molecular weight is 304 g/mol. The van der Waals surface area contributed by atoms with Crippen molar-refractivity contribution >= 4 is 17.4 Å². The van der Waals surface area contributed by atoms with Gasteiger partial charge in [0.1, 0.15) is 11.5 Å². The van der Waals surface area contributed by atoms with E-state index in [0.29, 0.717) is 11.4 Å². The summed E-state index contributed by atoms with van der Waals surface area (Å²) in [5, 5.41) is 0.227. The van der Waals surface area contributed by atoms with Crippen molar-refractivity contribution in [3.63, 3.8) is 0 Å². The molecule has 0 saturated carbocycles. The van der Waals surface area contributed by atoms with Crippen LogP contribution in [0.3, 0.4) is 0 Å². The molecule has 20 heavy (non-hydrogen) atoms. The van der Waals surface area contributed by atoms with Gasteiger partial charge >= 0.3 is 6.18 Å². The molecule has 2 aromatic rings. The van der Waals surface area contributed by atoms with Crippen LogP contribution in [-0.4, -0.2) is 9.97 Å². The number of benzene rings is 1. The quantitative estimate of drug-likeness (QED) is 0.691. The predicted molar refractivity (Wildman–Crippen MR) is 66.9 cm³/mol. The lowest BCUT2D eigenvalue weighted by Crippen LogP contribution is -2.07. The zero-order chi connectivity index (χ0) is 14.6. The molecule has 0 unspecified atom stereocenters. The molecule has 0 fully saturated rings. The van der Waals surface area contributed by atoms with E-state index in [0.717, 1.165) is 12.1 Å². The Labute approximate surface area is 117 Å². The average Bonchev–Trinajstić information content (AvgIpc) is 2.38. The topological polar surface area (TPSA) is 47.0 Å². The SMILES string of the molecule is FC(F)(F)c1cccc(CONc2cc(Cl)ncn2)c1. The molecule has 0 aliphatic rings. The maximum atomic E-state index is 12.5. The number of hydrogen-bond donors (Lipinski definition) is 1. The Bertz CT molecular complexity index is 592. The summed E-state index contributed by atoms with van der Waals surface area (Å²) in [6.07, 6.45) is -3.14. The molecule has 0 radical (unpaired) electrons. The summed E-state index contributed by atoms with van der Waals surface area (Å²) in [6.45, 7) is -0.0501. The summed E-state index contributed by atoms with van der Waals surface area (Å²) in [5.41, 5.74) is 2.14. The molecule has 0 amide bonds. The number of aromatic nitrogens is 2. The van der Waals surface area contributed by atoms with Crippen molar-refractivity contribution in [3.05, 3.63) is 52.9 Å². The van der Waals surface area contributed by atoms with Crippen molar-refractivity contribution in [3.8, 4) is 0 Å². The Kier molecular flexibility index (Phi) is 4.41. The first-order valence-corrected chi connectivity index (χ1v) is 5.84. The van der Waals surface area contributed by atoms with Crippen LogP contribution in [0.2, 0.25) is 5.15 Å². The first kappa shape index (κ1) is 14.5. The highest BCUT2D eigenvalue weighted by molar-refractivity contribution is 6.29. The molecule has 1 aromatic carbocycles. The van der Waals surface area contributed by atoms with E-state index in [-0.39, 0.29) is 11.8 Å². The summed E-state index contributed by atoms with van der Waals surface area (Å²) in [7, 11) is 0. The van der Waals surface area contributed by atoms with Crippen LogP contribution in [0.1, 0.15) is 11.1 Å². The summed E-state index contributed by atoms with van der Waals surface area (Å²) in [6, 6.07) is 6.30. The lowest BCUT2D eigenvalue weighted by atomic mass is 10.1. The zero-order valence-corrected chi connectivity index (χ0v) is 10.7. The minimum absolute atomic E-state index is 0.0501. The van der Waals surface area contributed by atoms with Gasteiger partial charge in [0.25, 0.3) is 0 Å². The van der Waals surface area contributed by atoms with E-state index < -0.39 is 11.7 Å². The van der Waals surface area contributed by atoms with Gasteiger partial charge in [0.15, 0.2) is 5.82 Å². The van der Waals surface area contributed by atoms with Crippen LogP contribution in [0.4, 0.5) is 19.0 Å². The second kappa shape index (κ2) is 6.06. The molecule has 0 aliphatic heterocycles. The minimum Gasteiger partial charge on any atom is -0.270 e. The number of anilines is 1. The van der Waals surface area contributed by atoms with Crippen LogP contribution in [0, 0.1) is 0 Å². The van der Waals surface area contributed by atoms with Crippen molar-refractivity contribution in [1.29, 1.82) is 0 Å². The van der Waals surface area contributed by atoms with Crippen molar-refractivity contribution in [1.82, 2.24) is 9.97 Å². The lowest BCUT2D eigenvalue weighted by molar-refractivity contribution is -0.137. The number of nitrogens with one attached hydrogen (secondary N) is 1. The summed E-state index contributed by atoms with van der Waals surface area (Å²) in [4.78, 5) is 12.6. The number of alkyl halides is 3. The van der Waals surface area contributed by atoms with Gasteiger partial charge < -0.3 is 0 Å². The standard InChI is InChI=1S/C12H9ClF3N3O/c13-10-5-11(18-7-17-10)19-20-6-8-2-1-3-9(4-8)12(14,15)16/h1-5,7H,6H2,(H,17,18,19). The van der Waals surface area contributed by atoms with Crippen molar-refractivity contribution in [2.24, 2.45) is 0 Å². The van der Waals surface area contributed by atoms with Crippen LogP contribution >= 0.6 is 11.6 Å². The molecular weight excluding hydrogens is 295 g/mol. The van der Waals surface area contributed by atoms with Gasteiger partial charge in [0.2, 0.25) is 0 Å². The van der Waals surface area contributed by atoms with Crippen LogP contribution in [-0.2, 0) is 17.6 Å².